The van der Waals surface area contributed by atoms with Crippen LogP contribution in [0.25, 0.3) is 0 Å². The van der Waals surface area contributed by atoms with E-state index >= 15 is 0 Å². The molecule has 0 aliphatic carbocycles. The molecule has 11 heavy (non-hydrogen) atoms. The Hall–Kier alpha value is 1.22. The van der Waals surface area contributed by atoms with E-state index in [-0.39, 0.29) is 31.6 Å². The SMILES string of the molecule is CC(C)P(C(C)C)C(C)C.[TeH2]. The van der Waals surface area contributed by atoms with Crippen LogP contribution in [0.2, 0.25) is 0 Å². The zero-order valence-electron chi connectivity index (χ0n) is 8.68. The Kier molecular flexibility index (Phi) is 8.98. The van der Waals surface area contributed by atoms with Crippen LogP contribution in [0.1, 0.15) is 41.5 Å². The Morgan fingerprint density at radius 3 is 0.818 bits per heavy atom. The third-order valence-corrected chi connectivity index (χ3v) is 5.37. The van der Waals surface area contributed by atoms with Gasteiger partial charge in [0.1, 0.15) is 0 Å². The van der Waals surface area contributed by atoms with Gasteiger partial charge in [0, 0.05) is 0 Å². The van der Waals surface area contributed by atoms with Crippen molar-refractivity contribution < 1.29 is 0 Å². The Morgan fingerprint density at radius 1 is 0.636 bits per heavy atom. The second-order valence-corrected chi connectivity index (χ2v) is 7.72. The fourth-order valence-corrected chi connectivity index (χ4v) is 5.37. The molecule has 0 heterocycles. The number of hydrogen-bond acceptors (Lipinski definition) is 0. The van der Waals surface area contributed by atoms with Crippen molar-refractivity contribution in [2.24, 2.45) is 0 Å². The second-order valence-electron chi connectivity index (χ2n) is 3.73. The van der Waals surface area contributed by atoms with E-state index in [0.717, 1.165) is 17.0 Å². The molecule has 0 amide bonds. The molecule has 0 aromatic heterocycles. The minimum atomic E-state index is 0. The van der Waals surface area contributed by atoms with E-state index in [9.17, 15) is 0 Å². The molecule has 0 unspecified atom stereocenters. The molecule has 0 spiro atoms. The molecule has 70 valence electrons. The van der Waals surface area contributed by atoms with Crippen LogP contribution in [0.3, 0.4) is 0 Å². The first-order chi connectivity index (χ1) is 4.46. The van der Waals surface area contributed by atoms with E-state index in [1.165, 1.54) is 0 Å². The molecular weight excluding hydrogens is 267 g/mol. The molecular formula is C9H23PTe. The van der Waals surface area contributed by atoms with Crippen molar-refractivity contribution in [2.45, 2.75) is 58.5 Å². The summed E-state index contributed by atoms with van der Waals surface area (Å²) in [6.07, 6.45) is 0. The van der Waals surface area contributed by atoms with E-state index in [0.29, 0.717) is 0 Å². The topological polar surface area (TPSA) is 0 Å². The van der Waals surface area contributed by atoms with E-state index < -0.39 is 0 Å². The number of hydrogen-bond donors (Lipinski definition) is 0. The summed E-state index contributed by atoms with van der Waals surface area (Å²) in [6.45, 7) is 14.1. The summed E-state index contributed by atoms with van der Waals surface area (Å²) in [5.41, 5.74) is 2.69. The first-order valence-corrected chi connectivity index (χ1v) is 5.79. The van der Waals surface area contributed by atoms with Crippen molar-refractivity contribution in [3.05, 3.63) is 0 Å². The van der Waals surface area contributed by atoms with Gasteiger partial charge in [-0.15, -0.1) is 0 Å². The molecule has 0 saturated carbocycles. The molecule has 0 saturated heterocycles. The Morgan fingerprint density at radius 2 is 0.818 bits per heavy atom. The van der Waals surface area contributed by atoms with E-state index in [1.807, 2.05) is 0 Å². The summed E-state index contributed by atoms with van der Waals surface area (Å²) in [6, 6.07) is 0. The molecule has 0 aromatic rings. The molecule has 2 heteroatoms. The summed E-state index contributed by atoms with van der Waals surface area (Å²) in [7, 11) is 0.262. The van der Waals surface area contributed by atoms with Gasteiger partial charge in [0.25, 0.3) is 0 Å². The molecule has 0 atom stereocenters. The molecule has 0 radical (unpaired) electrons. The quantitative estimate of drug-likeness (QED) is 0.554. The summed E-state index contributed by atoms with van der Waals surface area (Å²) in [4.78, 5) is 0. The number of rotatable bonds is 3. The zero-order chi connectivity index (χ0) is 8.31. The monoisotopic (exact) mass is 292 g/mol. The molecule has 0 rings (SSSR count). The van der Waals surface area contributed by atoms with Crippen LogP contribution in [0.5, 0.6) is 0 Å². The van der Waals surface area contributed by atoms with Gasteiger partial charge in [-0.25, -0.2) is 0 Å². The Balaban J connectivity index is 0. The fourth-order valence-electron chi connectivity index (χ4n) is 1.79. The Labute approximate surface area is 90.0 Å². The predicted molar refractivity (Wildman–Crippen MR) is 60.9 cm³/mol. The summed E-state index contributed by atoms with van der Waals surface area (Å²) < 4.78 is 0. The van der Waals surface area contributed by atoms with Crippen molar-refractivity contribution in [1.29, 1.82) is 0 Å². The van der Waals surface area contributed by atoms with Gasteiger partial charge < -0.3 is 0 Å². The summed E-state index contributed by atoms with van der Waals surface area (Å²) in [5.74, 6) is 0. The van der Waals surface area contributed by atoms with Crippen LogP contribution in [-0.2, 0) is 0 Å². The van der Waals surface area contributed by atoms with Gasteiger partial charge in [-0.1, -0.05) is 49.5 Å². The van der Waals surface area contributed by atoms with Gasteiger partial charge in [0.05, 0.1) is 0 Å². The Bertz CT molecular complexity index is 70.5. The summed E-state index contributed by atoms with van der Waals surface area (Å²) >= 11 is 0. The van der Waals surface area contributed by atoms with Crippen molar-refractivity contribution in [2.75, 3.05) is 0 Å². The first kappa shape index (κ1) is 14.7. The van der Waals surface area contributed by atoms with E-state index in [1.54, 1.807) is 0 Å². The standard InChI is InChI=1S/C9H21P.H2Te/c1-7(2)10(8(3)4)9(5)6;/h7-9H,1-6H3;1H2. The molecule has 0 aliphatic heterocycles. The molecule has 0 bridgehead atoms. The average molecular weight is 290 g/mol. The fraction of sp³-hybridized carbons (Fsp3) is 1.00. The summed E-state index contributed by atoms with van der Waals surface area (Å²) in [5, 5.41) is 0. The van der Waals surface area contributed by atoms with Crippen LogP contribution in [0, 0.1) is 0 Å². The van der Waals surface area contributed by atoms with Crippen LogP contribution in [0.15, 0.2) is 0 Å². The minimum absolute atomic E-state index is 0. The van der Waals surface area contributed by atoms with Crippen molar-refractivity contribution >= 4 is 31.6 Å². The average Bonchev–Trinajstić information content (AvgIpc) is 1.59. The maximum atomic E-state index is 2.35. The van der Waals surface area contributed by atoms with Gasteiger partial charge in [-0.3, -0.25) is 0 Å². The third kappa shape index (κ3) is 5.46. The van der Waals surface area contributed by atoms with Crippen LogP contribution < -0.4 is 0 Å². The van der Waals surface area contributed by atoms with Gasteiger partial charge in [0.2, 0.25) is 0 Å². The van der Waals surface area contributed by atoms with Gasteiger partial charge >= 0.3 is 23.7 Å². The van der Waals surface area contributed by atoms with Crippen LogP contribution in [0.4, 0.5) is 0 Å². The molecule has 0 fully saturated rings. The predicted octanol–water partition coefficient (Wildman–Crippen LogP) is 2.78. The first-order valence-electron chi connectivity index (χ1n) is 4.24. The van der Waals surface area contributed by atoms with Gasteiger partial charge in [-0.05, 0) is 17.0 Å². The maximum absolute atomic E-state index is 2.35. The van der Waals surface area contributed by atoms with Crippen molar-refractivity contribution in [1.82, 2.24) is 0 Å². The van der Waals surface area contributed by atoms with E-state index in [4.69, 9.17) is 0 Å². The van der Waals surface area contributed by atoms with E-state index in [2.05, 4.69) is 41.5 Å². The van der Waals surface area contributed by atoms with Gasteiger partial charge in [0.15, 0.2) is 0 Å². The molecule has 0 nitrogen and oxygen atoms in total. The molecule has 0 aromatic carbocycles. The van der Waals surface area contributed by atoms with Crippen molar-refractivity contribution in [3.8, 4) is 0 Å². The third-order valence-electron chi connectivity index (χ3n) is 1.79. The normalized spacial score (nSPS) is 11.5. The van der Waals surface area contributed by atoms with Crippen molar-refractivity contribution in [3.63, 3.8) is 0 Å². The van der Waals surface area contributed by atoms with Gasteiger partial charge in [-0.2, -0.15) is 0 Å². The molecule has 0 N–H and O–H groups in total. The zero-order valence-corrected chi connectivity index (χ0v) is 12.4. The van der Waals surface area contributed by atoms with Crippen LogP contribution in [-0.4, -0.2) is 40.6 Å². The van der Waals surface area contributed by atoms with Crippen LogP contribution >= 0.6 is 7.92 Å². The second kappa shape index (κ2) is 6.71. The molecule has 0 aliphatic rings.